The molecule has 0 radical (unpaired) electrons. The minimum Gasteiger partial charge on any atom is -0.368 e. The molecule has 1 saturated heterocycles. The molecular weight excluding hydrogens is 358 g/mol. The lowest BCUT2D eigenvalue weighted by molar-refractivity contribution is 0.646. The lowest BCUT2D eigenvalue weighted by Crippen LogP contribution is -2.47. The first-order valence-electron chi connectivity index (χ1n) is 10.2. The lowest BCUT2D eigenvalue weighted by Gasteiger charge is -2.37. The number of hydrogen-bond donors (Lipinski definition) is 1. The van der Waals surface area contributed by atoms with E-state index in [-0.39, 0.29) is 0 Å². The highest BCUT2D eigenvalue weighted by Gasteiger charge is 2.19. The number of aryl methyl sites for hydroxylation is 3. The molecule has 1 aromatic heterocycles. The molecule has 0 saturated carbocycles. The Bertz CT molecular complexity index is 1010. The van der Waals surface area contributed by atoms with Gasteiger partial charge in [0.25, 0.3) is 0 Å². The third-order valence-corrected chi connectivity index (χ3v) is 5.66. The van der Waals surface area contributed by atoms with Crippen LogP contribution in [-0.2, 0) is 0 Å². The summed E-state index contributed by atoms with van der Waals surface area (Å²) in [4.78, 5) is 14.2. The van der Waals surface area contributed by atoms with E-state index in [9.17, 15) is 0 Å². The Hall–Kier alpha value is -3.08. The summed E-state index contributed by atoms with van der Waals surface area (Å²) in [7, 11) is 0. The van der Waals surface area contributed by atoms with Crippen molar-refractivity contribution in [2.45, 2.75) is 27.7 Å². The first-order valence-corrected chi connectivity index (χ1v) is 10.2. The highest BCUT2D eigenvalue weighted by molar-refractivity contribution is 5.61. The van der Waals surface area contributed by atoms with Gasteiger partial charge >= 0.3 is 0 Å². The van der Waals surface area contributed by atoms with Gasteiger partial charge in [0.15, 0.2) is 0 Å². The number of aromatic nitrogens is 2. The lowest BCUT2D eigenvalue weighted by atomic mass is 10.1. The third-order valence-electron chi connectivity index (χ3n) is 5.66. The van der Waals surface area contributed by atoms with Crippen LogP contribution in [0.3, 0.4) is 0 Å². The maximum Gasteiger partial charge on any atom is 0.229 e. The van der Waals surface area contributed by atoms with E-state index in [4.69, 9.17) is 4.98 Å². The molecule has 0 bridgehead atoms. The summed E-state index contributed by atoms with van der Waals surface area (Å²) >= 11 is 0. The minimum atomic E-state index is 0.662. The molecule has 29 heavy (non-hydrogen) atoms. The average Bonchev–Trinajstić information content (AvgIpc) is 2.71. The van der Waals surface area contributed by atoms with Crippen molar-refractivity contribution in [3.63, 3.8) is 0 Å². The smallest absolute Gasteiger partial charge is 0.229 e. The number of nitrogens with zero attached hydrogens (tertiary/aromatic N) is 4. The van der Waals surface area contributed by atoms with E-state index < -0.39 is 0 Å². The van der Waals surface area contributed by atoms with Gasteiger partial charge in [-0.2, -0.15) is 4.98 Å². The predicted molar refractivity (Wildman–Crippen MR) is 122 cm³/mol. The fourth-order valence-electron chi connectivity index (χ4n) is 3.80. The van der Waals surface area contributed by atoms with Gasteiger partial charge in [-0.15, -0.1) is 0 Å². The molecule has 0 spiro atoms. The first kappa shape index (κ1) is 19.2. The molecule has 0 atom stereocenters. The second-order valence-electron chi connectivity index (χ2n) is 7.88. The normalized spacial score (nSPS) is 14.2. The summed E-state index contributed by atoms with van der Waals surface area (Å²) in [6, 6.07) is 17.1. The van der Waals surface area contributed by atoms with Crippen LogP contribution in [0.15, 0.2) is 48.5 Å². The molecule has 2 aromatic carbocycles. The Balaban J connectivity index is 1.49. The van der Waals surface area contributed by atoms with Crippen molar-refractivity contribution in [3.05, 3.63) is 70.9 Å². The predicted octanol–water partition coefficient (Wildman–Crippen LogP) is 4.78. The Morgan fingerprint density at radius 2 is 1.52 bits per heavy atom. The topological polar surface area (TPSA) is 44.3 Å². The van der Waals surface area contributed by atoms with Crippen molar-refractivity contribution in [3.8, 4) is 0 Å². The monoisotopic (exact) mass is 387 g/mol. The van der Waals surface area contributed by atoms with E-state index in [1.807, 2.05) is 6.92 Å². The van der Waals surface area contributed by atoms with E-state index in [1.165, 1.54) is 22.4 Å². The summed E-state index contributed by atoms with van der Waals surface area (Å²) in [5, 5.41) is 3.41. The number of nitrogens with one attached hydrogen (secondary N) is 1. The molecule has 5 heteroatoms. The van der Waals surface area contributed by atoms with E-state index in [0.29, 0.717) is 5.95 Å². The van der Waals surface area contributed by atoms with Crippen LogP contribution in [0, 0.1) is 27.7 Å². The van der Waals surface area contributed by atoms with Crippen molar-refractivity contribution in [2.24, 2.45) is 0 Å². The average molecular weight is 388 g/mol. The van der Waals surface area contributed by atoms with Crippen LogP contribution in [0.5, 0.6) is 0 Å². The molecule has 150 valence electrons. The Labute approximate surface area is 173 Å². The van der Waals surface area contributed by atoms with Gasteiger partial charge in [-0.25, -0.2) is 4.98 Å². The van der Waals surface area contributed by atoms with Gasteiger partial charge in [0.05, 0.1) is 0 Å². The third kappa shape index (κ3) is 4.34. The second kappa shape index (κ2) is 8.11. The van der Waals surface area contributed by atoms with Crippen LogP contribution in [0.4, 0.5) is 23.1 Å². The maximum absolute atomic E-state index is 4.82. The van der Waals surface area contributed by atoms with Gasteiger partial charge in [-0.3, -0.25) is 0 Å². The summed E-state index contributed by atoms with van der Waals surface area (Å²) in [5.74, 6) is 1.66. The van der Waals surface area contributed by atoms with E-state index >= 15 is 0 Å². The summed E-state index contributed by atoms with van der Waals surface area (Å²) in [6.45, 7) is 12.3. The maximum atomic E-state index is 4.82. The quantitative estimate of drug-likeness (QED) is 0.698. The standard InChI is InChI=1S/C24H29N5/c1-17-7-5-9-21(15-17)28-11-13-29(14-12-28)23-16-19(3)25-24(27-23)26-22-10-6-8-18(2)20(22)4/h5-10,15-16H,11-14H2,1-4H3,(H,25,26,27). The number of benzene rings is 2. The van der Waals surface area contributed by atoms with Crippen LogP contribution in [0.1, 0.15) is 22.4 Å². The highest BCUT2D eigenvalue weighted by atomic mass is 15.3. The molecule has 1 aliphatic rings. The molecule has 2 heterocycles. The van der Waals surface area contributed by atoms with E-state index in [0.717, 1.165) is 43.4 Å². The molecule has 5 nitrogen and oxygen atoms in total. The van der Waals surface area contributed by atoms with Crippen molar-refractivity contribution < 1.29 is 0 Å². The first-order chi connectivity index (χ1) is 14.0. The Morgan fingerprint density at radius 1 is 0.793 bits per heavy atom. The summed E-state index contributed by atoms with van der Waals surface area (Å²) < 4.78 is 0. The van der Waals surface area contributed by atoms with Crippen LogP contribution < -0.4 is 15.1 Å². The van der Waals surface area contributed by atoms with Crippen LogP contribution >= 0.6 is 0 Å². The zero-order valence-corrected chi connectivity index (χ0v) is 17.7. The number of piperazine rings is 1. The molecule has 1 fully saturated rings. The van der Waals surface area contributed by atoms with E-state index in [2.05, 4.69) is 89.4 Å². The van der Waals surface area contributed by atoms with Gasteiger partial charge < -0.3 is 15.1 Å². The van der Waals surface area contributed by atoms with Gasteiger partial charge in [0, 0.05) is 49.3 Å². The summed E-state index contributed by atoms with van der Waals surface area (Å²) in [6.07, 6.45) is 0. The SMILES string of the molecule is Cc1cccc(N2CCN(c3cc(C)nc(Nc4cccc(C)c4C)n3)CC2)c1. The molecule has 3 aromatic rings. The van der Waals surface area contributed by atoms with Crippen molar-refractivity contribution in [1.82, 2.24) is 9.97 Å². The van der Waals surface area contributed by atoms with Gasteiger partial charge in [-0.1, -0.05) is 24.3 Å². The summed E-state index contributed by atoms with van der Waals surface area (Å²) in [5.41, 5.74) is 7.13. The fourth-order valence-corrected chi connectivity index (χ4v) is 3.80. The zero-order valence-electron chi connectivity index (χ0n) is 17.7. The molecule has 0 unspecified atom stereocenters. The molecule has 1 aliphatic heterocycles. The fraction of sp³-hybridized carbons (Fsp3) is 0.333. The Kier molecular flexibility index (Phi) is 5.38. The van der Waals surface area contributed by atoms with Crippen molar-refractivity contribution in [1.29, 1.82) is 0 Å². The minimum absolute atomic E-state index is 0.662. The Morgan fingerprint density at radius 3 is 2.28 bits per heavy atom. The van der Waals surface area contributed by atoms with E-state index in [1.54, 1.807) is 0 Å². The van der Waals surface area contributed by atoms with Crippen molar-refractivity contribution in [2.75, 3.05) is 41.3 Å². The van der Waals surface area contributed by atoms with Gasteiger partial charge in [-0.05, 0) is 62.6 Å². The van der Waals surface area contributed by atoms with Crippen LogP contribution in [-0.4, -0.2) is 36.1 Å². The van der Waals surface area contributed by atoms with Gasteiger partial charge in [0.2, 0.25) is 5.95 Å². The molecule has 1 N–H and O–H groups in total. The van der Waals surface area contributed by atoms with Gasteiger partial charge in [0.1, 0.15) is 5.82 Å². The van der Waals surface area contributed by atoms with Crippen LogP contribution in [0.25, 0.3) is 0 Å². The molecule has 4 rings (SSSR count). The number of hydrogen-bond acceptors (Lipinski definition) is 5. The molecular formula is C24H29N5. The zero-order chi connectivity index (χ0) is 20.4. The molecule has 0 aliphatic carbocycles. The number of anilines is 4. The van der Waals surface area contributed by atoms with Crippen molar-refractivity contribution >= 4 is 23.1 Å². The second-order valence-corrected chi connectivity index (χ2v) is 7.88. The molecule has 0 amide bonds. The van der Waals surface area contributed by atoms with Crippen LogP contribution in [0.2, 0.25) is 0 Å². The highest BCUT2D eigenvalue weighted by Crippen LogP contribution is 2.24. The largest absolute Gasteiger partial charge is 0.368 e. The number of rotatable bonds is 4.